The lowest BCUT2D eigenvalue weighted by molar-refractivity contribution is 0.0597. The van der Waals surface area contributed by atoms with Crippen LogP contribution < -0.4 is 16.8 Å². The van der Waals surface area contributed by atoms with Gasteiger partial charge in [0.25, 0.3) is 5.91 Å². The Morgan fingerprint density at radius 2 is 1.58 bits per heavy atom. The second kappa shape index (κ2) is 13.9. The molecule has 0 saturated carbocycles. The van der Waals surface area contributed by atoms with Crippen LogP contribution in [0.3, 0.4) is 0 Å². The maximum absolute atomic E-state index is 13.4. The molecule has 9 heteroatoms. The molecular weight excluding hydrogens is 499 g/mol. The number of aryl methyl sites for hydroxylation is 1. The van der Waals surface area contributed by atoms with Gasteiger partial charge in [0.15, 0.2) is 0 Å². The average molecular weight is 534 g/mol. The van der Waals surface area contributed by atoms with Gasteiger partial charge in [0, 0.05) is 24.3 Å². The number of anilines is 1. The fourth-order valence-corrected chi connectivity index (χ4v) is 4.01. The van der Waals surface area contributed by atoms with Crippen LogP contribution in [0.2, 0.25) is 0 Å². The minimum absolute atomic E-state index is 0. The molecule has 3 rings (SSSR count). The Kier molecular flexibility index (Phi) is 12.0. The molecule has 0 aliphatic heterocycles. The van der Waals surface area contributed by atoms with Gasteiger partial charge < -0.3 is 21.5 Å². The second-order valence-electron chi connectivity index (χ2n) is 8.57. The van der Waals surface area contributed by atoms with E-state index in [-0.39, 0.29) is 42.5 Å². The summed E-state index contributed by atoms with van der Waals surface area (Å²) < 4.78 is 4.85. The lowest BCUT2D eigenvalue weighted by atomic mass is 9.92. The molecule has 2 aromatic carbocycles. The molecule has 0 spiro atoms. The average Bonchev–Trinajstić information content (AvgIpc) is 2.84. The number of nitrogens with two attached hydrogens (primary N) is 2. The van der Waals surface area contributed by atoms with Crippen molar-refractivity contribution in [1.29, 1.82) is 0 Å². The van der Waals surface area contributed by atoms with Gasteiger partial charge in [0.1, 0.15) is 0 Å². The number of aromatic nitrogens is 1. The first-order valence-electron chi connectivity index (χ1n) is 11.3. The summed E-state index contributed by atoms with van der Waals surface area (Å²) in [5, 5.41) is 3.01. The van der Waals surface area contributed by atoms with Crippen molar-refractivity contribution in [2.45, 2.75) is 40.3 Å². The van der Waals surface area contributed by atoms with Crippen LogP contribution in [0.1, 0.15) is 57.1 Å². The zero-order valence-electron chi connectivity index (χ0n) is 21.0. The van der Waals surface area contributed by atoms with Crippen molar-refractivity contribution in [3.05, 3.63) is 82.2 Å². The van der Waals surface area contributed by atoms with Crippen molar-refractivity contribution in [3.63, 3.8) is 0 Å². The molecule has 0 unspecified atom stereocenters. The van der Waals surface area contributed by atoms with Gasteiger partial charge in [-0.3, -0.25) is 9.78 Å². The van der Waals surface area contributed by atoms with Gasteiger partial charge in [-0.25, -0.2) is 4.79 Å². The largest absolute Gasteiger partial charge is 0.465 e. The summed E-state index contributed by atoms with van der Waals surface area (Å²) in [6, 6.07) is 14.4. The number of halogens is 2. The minimum Gasteiger partial charge on any atom is -0.465 e. The maximum Gasteiger partial charge on any atom is 0.338 e. The van der Waals surface area contributed by atoms with Crippen LogP contribution in [-0.2, 0) is 24.2 Å². The number of ether oxygens (including phenoxy) is 1. The molecule has 1 aromatic heterocycles. The number of carbonyl (C=O) groups excluding carboxylic acids is 2. The Labute approximate surface area is 224 Å². The Morgan fingerprint density at radius 3 is 2.11 bits per heavy atom. The molecule has 36 heavy (non-hydrogen) atoms. The van der Waals surface area contributed by atoms with E-state index in [0.717, 1.165) is 34.4 Å². The lowest BCUT2D eigenvalue weighted by Gasteiger charge is -2.22. The highest BCUT2D eigenvalue weighted by molar-refractivity contribution is 6.12. The van der Waals surface area contributed by atoms with Crippen LogP contribution in [0.25, 0.3) is 11.1 Å². The summed E-state index contributed by atoms with van der Waals surface area (Å²) in [4.78, 5) is 30.4. The first-order chi connectivity index (χ1) is 16.3. The molecule has 1 heterocycles. The molecule has 1 amide bonds. The number of hydrogen-bond acceptors (Lipinski definition) is 6. The molecule has 194 valence electrons. The van der Waals surface area contributed by atoms with Crippen LogP contribution in [-0.4, -0.2) is 24.0 Å². The third kappa shape index (κ3) is 6.83. The van der Waals surface area contributed by atoms with E-state index in [1.807, 2.05) is 31.2 Å². The van der Waals surface area contributed by atoms with Gasteiger partial charge >= 0.3 is 5.97 Å². The number of rotatable bonds is 8. The normalized spacial score (nSPS) is 10.3. The van der Waals surface area contributed by atoms with Crippen LogP contribution in [0.5, 0.6) is 0 Å². The monoisotopic (exact) mass is 532 g/mol. The number of methoxy groups -OCH3 is 1. The Morgan fingerprint density at radius 1 is 0.972 bits per heavy atom. The van der Waals surface area contributed by atoms with Gasteiger partial charge in [0.05, 0.1) is 29.6 Å². The molecule has 0 radical (unpaired) electrons. The van der Waals surface area contributed by atoms with E-state index in [4.69, 9.17) is 21.2 Å². The number of esters is 1. The number of hydrogen-bond donors (Lipinski definition) is 3. The molecule has 0 fully saturated rings. The van der Waals surface area contributed by atoms with E-state index in [0.29, 0.717) is 23.8 Å². The van der Waals surface area contributed by atoms with Crippen molar-refractivity contribution in [1.82, 2.24) is 4.98 Å². The quantitative estimate of drug-likeness (QED) is 0.349. The number of pyridine rings is 1. The predicted molar refractivity (Wildman–Crippen MR) is 149 cm³/mol. The fraction of sp³-hybridized carbons (Fsp3) is 0.296. The van der Waals surface area contributed by atoms with Gasteiger partial charge in [0.2, 0.25) is 0 Å². The van der Waals surface area contributed by atoms with Crippen molar-refractivity contribution in [2.75, 3.05) is 12.4 Å². The smallest absolute Gasteiger partial charge is 0.338 e. The van der Waals surface area contributed by atoms with Crippen LogP contribution in [0.4, 0.5) is 5.69 Å². The second-order valence-corrected chi connectivity index (χ2v) is 8.57. The van der Waals surface area contributed by atoms with E-state index in [9.17, 15) is 9.59 Å². The zero-order chi connectivity index (χ0) is 24.8. The maximum atomic E-state index is 13.4. The molecule has 0 saturated heterocycles. The molecule has 5 N–H and O–H groups in total. The van der Waals surface area contributed by atoms with Crippen LogP contribution >= 0.6 is 24.8 Å². The van der Waals surface area contributed by atoms with Crippen molar-refractivity contribution < 1.29 is 14.3 Å². The minimum atomic E-state index is -0.576. The molecule has 0 aliphatic carbocycles. The number of nitrogens with zero attached hydrogens (tertiary/aromatic N) is 1. The topological polar surface area (TPSA) is 120 Å². The molecule has 3 aromatic rings. The number of carbonyl (C=O) groups is 2. The fourth-order valence-electron chi connectivity index (χ4n) is 4.01. The molecule has 0 bridgehead atoms. The van der Waals surface area contributed by atoms with Gasteiger partial charge in [-0.15, -0.1) is 24.8 Å². The lowest BCUT2D eigenvalue weighted by Crippen LogP contribution is -2.20. The summed E-state index contributed by atoms with van der Waals surface area (Å²) in [5.41, 5.74) is 18.2. The summed E-state index contributed by atoms with van der Waals surface area (Å²) in [6.45, 7) is 6.83. The summed E-state index contributed by atoms with van der Waals surface area (Å²) >= 11 is 0. The Hall–Kier alpha value is -2.97. The van der Waals surface area contributed by atoms with Crippen molar-refractivity contribution >= 4 is 42.4 Å². The summed E-state index contributed by atoms with van der Waals surface area (Å²) in [6.07, 6.45) is 0.765. The number of nitrogens with one attached hydrogen (secondary N) is 1. The summed E-state index contributed by atoms with van der Waals surface area (Å²) in [7, 11) is 1.29. The standard InChI is InChI=1S/C27H32N4O3.2ClH/c1-16(2)13-23-22(15-29)24(19-11-9-18(14-28)10-12-19)25(17(3)30-23)31-26(32)20-7-5-6-8-21(20)27(33)34-4;;/h5-12,16H,13-15,28-29H2,1-4H3,(H,31,32);2*1H. The highest BCUT2D eigenvalue weighted by Gasteiger charge is 2.23. The predicted octanol–water partition coefficient (Wildman–Crippen LogP) is 5.06. The first-order valence-corrected chi connectivity index (χ1v) is 11.3. The highest BCUT2D eigenvalue weighted by Crippen LogP contribution is 2.36. The van der Waals surface area contributed by atoms with Crippen LogP contribution in [0, 0.1) is 12.8 Å². The van der Waals surface area contributed by atoms with E-state index >= 15 is 0 Å². The third-order valence-electron chi connectivity index (χ3n) is 5.66. The molecule has 0 atom stereocenters. The SMILES string of the molecule is COC(=O)c1ccccc1C(=O)Nc1c(C)nc(CC(C)C)c(CN)c1-c1ccc(CN)cc1.Cl.Cl. The van der Waals surface area contributed by atoms with E-state index < -0.39 is 11.9 Å². The van der Waals surface area contributed by atoms with E-state index in [1.165, 1.54) is 7.11 Å². The van der Waals surface area contributed by atoms with E-state index in [1.54, 1.807) is 24.3 Å². The van der Waals surface area contributed by atoms with Gasteiger partial charge in [-0.1, -0.05) is 50.2 Å². The number of benzene rings is 2. The Bertz CT molecular complexity index is 1200. The molecular formula is C27H34Cl2N4O3. The summed E-state index contributed by atoms with van der Waals surface area (Å²) in [5.74, 6) is -0.615. The van der Waals surface area contributed by atoms with Crippen molar-refractivity contribution in [3.8, 4) is 11.1 Å². The Balaban J connectivity index is 0.00000324. The molecule has 7 nitrogen and oxygen atoms in total. The van der Waals surface area contributed by atoms with E-state index in [2.05, 4.69) is 19.2 Å². The zero-order valence-corrected chi connectivity index (χ0v) is 22.6. The third-order valence-corrected chi connectivity index (χ3v) is 5.66. The van der Waals surface area contributed by atoms with Gasteiger partial charge in [-0.2, -0.15) is 0 Å². The van der Waals surface area contributed by atoms with Gasteiger partial charge in [-0.05, 0) is 48.1 Å². The van der Waals surface area contributed by atoms with Crippen LogP contribution in [0.15, 0.2) is 48.5 Å². The number of amides is 1. The first kappa shape index (κ1) is 31.1. The molecule has 0 aliphatic rings. The van der Waals surface area contributed by atoms with Crippen molar-refractivity contribution in [2.24, 2.45) is 17.4 Å². The highest BCUT2D eigenvalue weighted by atomic mass is 35.5.